The number of hydrogen-bond acceptors (Lipinski definition) is 13. The number of fused-ring (bicyclic) bond motifs is 1. The van der Waals surface area contributed by atoms with Gasteiger partial charge in [-0.05, 0) is 85.7 Å². The van der Waals surface area contributed by atoms with E-state index in [1.165, 1.54) is 0 Å². The van der Waals surface area contributed by atoms with Crippen LogP contribution in [0.1, 0.15) is 64.8 Å². The van der Waals surface area contributed by atoms with Crippen molar-refractivity contribution in [2.75, 3.05) is 67.9 Å². The summed E-state index contributed by atoms with van der Waals surface area (Å²) in [7, 11) is 0. The minimum absolute atomic E-state index is 0.00940. The lowest BCUT2D eigenvalue weighted by atomic mass is 9.91. The van der Waals surface area contributed by atoms with Crippen LogP contribution in [0.2, 0.25) is 0 Å². The third-order valence-electron chi connectivity index (χ3n) is 12.7. The van der Waals surface area contributed by atoms with Gasteiger partial charge in [0.15, 0.2) is 5.82 Å². The molecule has 0 radical (unpaired) electrons. The van der Waals surface area contributed by atoms with Crippen molar-refractivity contribution in [2.24, 2.45) is 5.92 Å². The Morgan fingerprint density at radius 2 is 1.57 bits per heavy atom. The molecule has 6 heterocycles. The number of piperazine rings is 1. The molecule has 3 aromatic carbocycles. The minimum Gasteiger partial charge on any atom is -0.507 e. The largest absolute Gasteiger partial charge is 0.507 e. The molecular formula is C45H49N9O7. The second-order valence-corrected chi connectivity index (χ2v) is 16.6. The van der Waals surface area contributed by atoms with Gasteiger partial charge in [0, 0.05) is 69.9 Å². The summed E-state index contributed by atoms with van der Waals surface area (Å²) in [5.41, 5.74) is 10.7. The summed E-state index contributed by atoms with van der Waals surface area (Å²) >= 11 is 0. The normalized spacial score (nSPS) is 20.2. The van der Waals surface area contributed by atoms with Gasteiger partial charge in [0.1, 0.15) is 23.6 Å². The molecule has 1 atom stereocenters. The Kier molecular flexibility index (Phi) is 11.0. The molecule has 5 amide bonds. The summed E-state index contributed by atoms with van der Waals surface area (Å²) in [4.78, 5) is 73.4. The fraction of sp³-hybridized carbons (Fsp3) is 0.400. The van der Waals surface area contributed by atoms with Crippen LogP contribution >= 0.6 is 0 Å². The van der Waals surface area contributed by atoms with Crippen molar-refractivity contribution in [2.45, 2.75) is 57.2 Å². The van der Waals surface area contributed by atoms with Crippen LogP contribution in [0.25, 0.3) is 11.3 Å². The Labute approximate surface area is 353 Å². The first-order valence-electron chi connectivity index (χ1n) is 21.1. The van der Waals surface area contributed by atoms with Gasteiger partial charge in [-0.25, -0.2) is 0 Å². The molecule has 1 aromatic heterocycles. The van der Waals surface area contributed by atoms with Gasteiger partial charge in [0.25, 0.3) is 11.8 Å². The van der Waals surface area contributed by atoms with Crippen LogP contribution in [-0.2, 0) is 20.9 Å². The number of nitrogens with two attached hydrogens (primary N) is 1. The molecule has 0 unspecified atom stereocenters. The number of nitrogens with one attached hydrogen (secondary N) is 1. The number of phenolic OH excluding ortho intramolecular Hbond substituents is 1. The van der Waals surface area contributed by atoms with E-state index < -0.39 is 29.7 Å². The number of hydrogen-bond donors (Lipinski definition) is 3. The van der Waals surface area contributed by atoms with Crippen LogP contribution in [-0.4, -0.2) is 124 Å². The van der Waals surface area contributed by atoms with Crippen molar-refractivity contribution in [3.05, 3.63) is 89.5 Å². The van der Waals surface area contributed by atoms with Crippen LogP contribution in [0, 0.1) is 5.92 Å². The Morgan fingerprint density at radius 3 is 2.34 bits per heavy atom. The molecule has 4 aromatic rings. The highest BCUT2D eigenvalue weighted by atomic mass is 16.5. The van der Waals surface area contributed by atoms with Gasteiger partial charge in [-0.2, -0.15) is 0 Å². The van der Waals surface area contributed by atoms with Crippen molar-refractivity contribution < 1.29 is 33.8 Å². The summed E-state index contributed by atoms with van der Waals surface area (Å²) < 4.78 is 6.33. The van der Waals surface area contributed by atoms with Gasteiger partial charge >= 0.3 is 0 Å². The van der Waals surface area contributed by atoms with Crippen LogP contribution < -0.4 is 25.6 Å². The van der Waals surface area contributed by atoms with E-state index in [1.54, 1.807) is 30.3 Å². The Hall–Kier alpha value is -6.55. The highest BCUT2D eigenvalue weighted by Crippen LogP contribution is 2.35. The van der Waals surface area contributed by atoms with Crippen molar-refractivity contribution in [3.63, 3.8) is 0 Å². The number of nitrogen functional groups attached to an aromatic ring is 1. The Bertz CT molecular complexity index is 2370. The van der Waals surface area contributed by atoms with E-state index in [-0.39, 0.29) is 41.7 Å². The summed E-state index contributed by atoms with van der Waals surface area (Å²) in [5, 5.41) is 20.8. The van der Waals surface area contributed by atoms with E-state index in [2.05, 4.69) is 42.3 Å². The van der Waals surface area contributed by atoms with Gasteiger partial charge in [-0.1, -0.05) is 24.3 Å². The summed E-state index contributed by atoms with van der Waals surface area (Å²) in [6, 6.07) is 21.3. The molecule has 4 N–H and O–H groups in total. The first kappa shape index (κ1) is 39.9. The Morgan fingerprint density at radius 1 is 0.803 bits per heavy atom. The van der Waals surface area contributed by atoms with E-state index in [0.29, 0.717) is 55.6 Å². The monoisotopic (exact) mass is 827 g/mol. The molecule has 16 heteroatoms. The number of amides is 5. The molecule has 0 aliphatic carbocycles. The number of phenols is 1. The molecular weight excluding hydrogens is 779 g/mol. The van der Waals surface area contributed by atoms with E-state index in [9.17, 15) is 29.1 Å². The van der Waals surface area contributed by atoms with E-state index >= 15 is 0 Å². The molecule has 4 saturated heterocycles. The predicted octanol–water partition coefficient (Wildman–Crippen LogP) is 3.44. The number of rotatable bonds is 11. The molecule has 0 bridgehead atoms. The molecule has 5 aliphatic heterocycles. The molecule has 5 aliphatic rings. The van der Waals surface area contributed by atoms with E-state index in [0.717, 1.165) is 79.6 Å². The van der Waals surface area contributed by atoms with Crippen LogP contribution in [0.5, 0.6) is 11.5 Å². The molecule has 16 nitrogen and oxygen atoms in total. The number of benzene rings is 3. The number of piperidine rings is 2. The number of para-hydroxylation sites is 1. The lowest BCUT2D eigenvalue weighted by Gasteiger charge is -2.41. The quantitative estimate of drug-likeness (QED) is 0.186. The predicted molar refractivity (Wildman–Crippen MR) is 226 cm³/mol. The van der Waals surface area contributed by atoms with Crippen molar-refractivity contribution in [1.29, 1.82) is 0 Å². The number of carbonyl (C=O) groups excluding carboxylic acids is 5. The highest BCUT2D eigenvalue weighted by molar-refractivity contribution is 6.23. The SMILES string of the molecule is Nc1nnc(-c2ccccc2O)cc1N1CC(Oc2cccc(CN3CCN(C(=O)CCC4CCN(c5ccc6c(c5)C(=O)N([C@@H]5CCC(=O)NC5=O)C6=O)CC4)CC3)c2)C1. The fourth-order valence-electron chi connectivity index (χ4n) is 9.12. The summed E-state index contributed by atoms with van der Waals surface area (Å²) in [6.45, 7) is 6.63. The van der Waals surface area contributed by atoms with Gasteiger partial charge in [-0.15, -0.1) is 10.2 Å². The van der Waals surface area contributed by atoms with Crippen molar-refractivity contribution >= 4 is 46.7 Å². The summed E-state index contributed by atoms with van der Waals surface area (Å²) in [6.07, 6.45) is 3.41. The Balaban J connectivity index is 0.693. The smallest absolute Gasteiger partial charge is 0.262 e. The summed E-state index contributed by atoms with van der Waals surface area (Å²) in [5.74, 6) is -0.121. The number of aromatic nitrogens is 2. The maximum Gasteiger partial charge on any atom is 0.262 e. The van der Waals surface area contributed by atoms with E-state index in [1.807, 2.05) is 35.2 Å². The number of aromatic hydroxyl groups is 1. The van der Waals surface area contributed by atoms with Crippen LogP contribution in [0.15, 0.2) is 72.8 Å². The standard InChI is InChI=1S/C45H49N9O7/c46-42-38(24-36(48-49-42)34-6-1-2-7-39(34)55)53-26-32(27-53)61-31-5-3-4-29(22-31)25-50-18-20-52(21-19-50)41(57)13-8-28-14-16-51(17-15-28)30-9-10-33-35(23-30)45(60)54(44(33)59)37-11-12-40(56)47-43(37)58/h1-7,9-10,22-24,28,32,37,55H,8,11-21,25-27H2,(H2,46,49)(H,47,56,58)/t37-/m1/s1. The number of anilines is 3. The van der Waals surface area contributed by atoms with Crippen molar-refractivity contribution in [3.8, 4) is 22.8 Å². The third-order valence-corrected chi connectivity index (χ3v) is 12.7. The second-order valence-electron chi connectivity index (χ2n) is 16.6. The zero-order valence-corrected chi connectivity index (χ0v) is 33.9. The minimum atomic E-state index is -0.986. The molecule has 0 saturated carbocycles. The zero-order valence-electron chi connectivity index (χ0n) is 33.9. The fourth-order valence-corrected chi connectivity index (χ4v) is 9.12. The van der Waals surface area contributed by atoms with Gasteiger partial charge < -0.3 is 30.3 Å². The van der Waals surface area contributed by atoms with Crippen LogP contribution in [0.3, 0.4) is 0 Å². The molecule has 4 fully saturated rings. The number of nitrogens with zero attached hydrogens (tertiary/aromatic N) is 7. The average Bonchev–Trinajstić information content (AvgIpc) is 3.50. The maximum atomic E-state index is 13.3. The van der Waals surface area contributed by atoms with Crippen molar-refractivity contribution in [1.82, 2.24) is 30.2 Å². The molecule has 9 rings (SSSR count). The van der Waals surface area contributed by atoms with Gasteiger partial charge in [0.05, 0.1) is 35.6 Å². The number of ether oxygens (including phenoxy) is 1. The average molecular weight is 828 g/mol. The van der Waals surface area contributed by atoms with Crippen LogP contribution in [0.4, 0.5) is 17.2 Å². The van der Waals surface area contributed by atoms with E-state index in [4.69, 9.17) is 10.5 Å². The highest BCUT2D eigenvalue weighted by Gasteiger charge is 2.45. The molecule has 0 spiro atoms. The van der Waals surface area contributed by atoms with Gasteiger partial charge in [-0.3, -0.25) is 39.1 Å². The topological polar surface area (TPSA) is 195 Å². The first-order valence-corrected chi connectivity index (χ1v) is 21.1. The van der Waals surface area contributed by atoms with Gasteiger partial charge in [0.2, 0.25) is 17.7 Å². The molecule has 316 valence electrons. The molecule has 61 heavy (non-hydrogen) atoms. The second kappa shape index (κ2) is 16.8. The number of imide groups is 2. The third kappa shape index (κ3) is 8.31. The lowest BCUT2D eigenvalue weighted by molar-refractivity contribution is -0.136. The maximum absolute atomic E-state index is 13.3. The zero-order chi connectivity index (χ0) is 42.2. The number of carbonyl (C=O) groups is 5. The first-order chi connectivity index (χ1) is 29.6. The lowest BCUT2D eigenvalue weighted by Crippen LogP contribution is -2.54.